The van der Waals surface area contributed by atoms with Gasteiger partial charge >= 0.3 is 0 Å². The van der Waals surface area contributed by atoms with Crippen molar-refractivity contribution in [3.8, 4) is 5.75 Å². The van der Waals surface area contributed by atoms with Gasteiger partial charge in [-0.2, -0.15) is 0 Å². The van der Waals surface area contributed by atoms with Crippen LogP contribution in [0.15, 0.2) is 24.3 Å². The van der Waals surface area contributed by atoms with E-state index >= 15 is 0 Å². The maximum Gasteiger partial charge on any atom is 0.226 e. The minimum absolute atomic E-state index is 0.0193. The Hall–Kier alpha value is -2.04. The lowest BCUT2D eigenvalue weighted by molar-refractivity contribution is -0.130. The second-order valence-electron chi connectivity index (χ2n) is 4.84. The van der Waals surface area contributed by atoms with Crippen molar-refractivity contribution in [2.75, 3.05) is 19.0 Å². The van der Waals surface area contributed by atoms with E-state index in [1.54, 1.807) is 24.1 Å². The molecule has 1 aromatic carbocycles. The van der Waals surface area contributed by atoms with Crippen molar-refractivity contribution in [2.24, 2.45) is 0 Å². The molecule has 1 rings (SSSR count). The molecule has 0 aliphatic heterocycles. The summed E-state index contributed by atoms with van der Waals surface area (Å²) in [6.45, 7) is 5.80. The third-order valence-corrected chi connectivity index (χ3v) is 2.96. The van der Waals surface area contributed by atoms with Gasteiger partial charge in [-0.3, -0.25) is 9.59 Å². The molecule has 1 N–H and O–H groups in total. The molecule has 0 heterocycles. The zero-order valence-corrected chi connectivity index (χ0v) is 12.5. The van der Waals surface area contributed by atoms with Crippen LogP contribution in [0.25, 0.3) is 0 Å². The zero-order valence-electron chi connectivity index (χ0n) is 12.5. The van der Waals surface area contributed by atoms with Gasteiger partial charge in [0.2, 0.25) is 11.8 Å². The van der Waals surface area contributed by atoms with Crippen LogP contribution in [-0.2, 0) is 9.59 Å². The van der Waals surface area contributed by atoms with Crippen LogP contribution >= 0.6 is 0 Å². The number of amides is 2. The van der Waals surface area contributed by atoms with E-state index in [4.69, 9.17) is 4.74 Å². The molecule has 0 unspecified atom stereocenters. The van der Waals surface area contributed by atoms with Crippen LogP contribution in [0, 0.1) is 0 Å². The molecule has 2 amide bonds. The third-order valence-electron chi connectivity index (χ3n) is 2.96. The highest BCUT2D eigenvalue weighted by atomic mass is 16.5. The highest BCUT2D eigenvalue weighted by Crippen LogP contribution is 2.16. The van der Waals surface area contributed by atoms with Gasteiger partial charge in [-0.15, -0.1) is 0 Å². The Kier molecular flexibility index (Phi) is 6.03. The van der Waals surface area contributed by atoms with E-state index in [0.29, 0.717) is 18.0 Å². The fraction of sp³-hybridized carbons (Fsp3) is 0.467. The third kappa shape index (κ3) is 4.91. The number of carbonyl (C=O) groups excluding carboxylic acids is 2. The molecule has 20 heavy (non-hydrogen) atoms. The molecule has 1 aromatic rings. The Balaban J connectivity index is 2.53. The molecule has 5 nitrogen and oxygen atoms in total. The van der Waals surface area contributed by atoms with E-state index in [1.165, 1.54) is 6.92 Å². The van der Waals surface area contributed by atoms with Gasteiger partial charge < -0.3 is 15.0 Å². The summed E-state index contributed by atoms with van der Waals surface area (Å²) in [5.41, 5.74) is 0.688. The zero-order chi connectivity index (χ0) is 15.1. The minimum atomic E-state index is -0.120. The molecule has 0 saturated heterocycles. The molecule has 5 heteroatoms. The highest BCUT2D eigenvalue weighted by molar-refractivity contribution is 5.91. The van der Waals surface area contributed by atoms with Crippen molar-refractivity contribution in [2.45, 2.75) is 33.2 Å². The predicted octanol–water partition coefficient (Wildman–Crippen LogP) is 2.28. The fourth-order valence-corrected chi connectivity index (χ4v) is 1.93. The molecular weight excluding hydrogens is 256 g/mol. The Morgan fingerprint density at radius 2 is 2.05 bits per heavy atom. The normalized spacial score (nSPS) is 10.2. The number of methoxy groups -OCH3 is 1. The number of hydrogen-bond donors (Lipinski definition) is 1. The van der Waals surface area contributed by atoms with E-state index in [-0.39, 0.29) is 24.3 Å². The number of carbonyl (C=O) groups is 2. The molecule has 0 bridgehead atoms. The average molecular weight is 278 g/mol. The molecule has 0 spiro atoms. The van der Waals surface area contributed by atoms with Crippen molar-refractivity contribution < 1.29 is 14.3 Å². The van der Waals surface area contributed by atoms with Crippen LogP contribution in [-0.4, -0.2) is 36.4 Å². The van der Waals surface area contributed by atoms with Crippen LogP contribution in [0.4, 0.5) is 5.69 Å². The molecular formula is C15H22N2O3. The Morgan fingerprint density at radius 1 is 1.35 bits per heavy atom. The maximum atomic E-state index is 11.9. The number of rotatable bonds is 6. The van der Waals surface area contributed by atoms with Crippen LogP contribution < -0.4 is 10.1 Å². The SMILES string of the molecule is COc1cccc(NC(=O)CCN(C(C)=O)C(C)C)c1. The van der Waals surface area contributed by atoms with E-state index in [1.807, 2.05) is 26.0 Å². The average Bonchev–Trinajstić information content (AvgIpc) is 2.38. The van der Waals surface area contributed by atoms with Gasteiger partial charge in [-0.05, 0) is 26.0 Å². The van der Waals surface area contributed by atoms with E-state index in [0.717, 1.165) is 0 Å². The van der Waals surface area contributed by atoms with E-state index in [2.05, 4.69) is 5.32 Å². The molecule has 0 aromatic heterocycles. The van der Waals surface area contributed by atoms with E-state index < -0.39 is 0 Å². The minimum Gasteiger partial charge on any atom is -0.497 e. The quantitative estimate of drug-likeness (QED) is 0.868. The van der Waals surface area contributed by atoms with Crippen molar-refractivity contribution in [1.82, 2.24) is 4.90 Å². The first-order valence-electron chi connectivity index (χ1n) is 6.65. The van der Waals surface area contributed by atoms with Crippen LogP contribution in [0.1, 0.15) is 27.2 Å². The van der Waals surface area contributed by atoms with Gasteiger partial charge in [-0.1, -0.05) is 6.07 Å². The number of nitrogens with one attached hydrogen (secondary N) is 1. The monoisotopic (exact) mass is 278 g/mol. The van der Waals surface area contributed by atoms with Gasteiger partial charge in [0.15, 0.2) is 0 Å². The number of ether oxygens (including phenoxy) is 1. The van der Waals surface area contributed by atoms with Crippen molar-refractivity contribution >= 4 is 17.5 Å². The van der Waals surface area contributed by atoms with Gasteiger partial charge in [0.05, 0.1) is 7.11 Å². The maximum absolute atomic E-state index is 11.9. The topological polar surface area (TPSA) is 58.6 Å². The summed E-state index contributed by atoms with van der Waals surface area (Å²) in [5, 5.41) is 2.79. The summed E-state index contributed by atoms with van der Waals surface area (Å²) in [6.07, 6.45) is 0.273. The molecule has 0 fully saturated rings. The van der Waals surface area contributed by atoms with Crippen molar-refractivity contribution in [3.05, 3.63) is 24.3 Å². The number of nitrogens with zero attached hydrogens (tertiary/aromatic N) is 1. The Morgan fingerprint density at radius 3 is 2.60 bits per heavy atom. The standard InChI is InChI=1S/C15H22N2O3/c1-11(2)17(12(3)18)9-8-15(19)16-13-6-5-7-14(10-13)20-4/h5-7,10-11H,8-9H2,1-4H3,(H,16,19). The van der Waals surface area contributed by atoms with Gasteiger partial charge in [0.1, 0.15) is 5.75 Å². The molecule has 0 aliphatic carbocycles. The number of benzene rings is 1. The fourth-order valence-electron chi connectivity index (χ4n) is 1.93. The Bertz CT molecular complexity index is 472. The summed E-state index contributed by atoms with van der Waals surface area (Å²) < 4.78 is 5.09. The second-order valence-corrected chi connectivity index (χ2v) is 4.84. The second kappa shape index (κ2) is 7.53. The lowest BCUT2D eigenvalue weighted by Crippen LogP contribution is -2.37. The first-order valence-corrected chi connectivity index (χ1v) is 6.65. The van der Waals surface area contributed by atoms with Crippen LogP contribution in [0.2, 0.25) is 0 Å². The Labute approximate surface area is 119 Å². The predicted molar refractivity (Wildman–Crippen MR) is 78.8 cm³/mol. The van der Waals surface area contributed by atoms with Gasteiger partial charge in [0, 0.05) is 37.7 Å². The van der Waals surface area contributed by atoms with Crippen LogP contribution in [0.5, 0.6) is 5.75 Å². The number of hydrogen-bond acceptors (Lipinski definition) is 3. The smallest absolute Gasteiger partial charge is 0.226 e. The molecule has 0 atom stereocenters. The van der Waals surface area contributed by atoms with Gasteiger partial charge in [0.25, 0.3) is 0 Å². The summed E-state index contributed by atoms with van der Waals surface area (Å²) >= 11 is 0. The number of anilines is 1. The first kappa shape index (κ1) is 16.0. The van der Waals surface area contributed by atoms with Crippen molar-refractivity contribution in [1.29, 1.82) is 0 Å². The van der Waals surface area contributed by atoms with Gasteiger partial charge in [-0.25, -0.2) is 0 Å². The largest absolute Gasteiger partial charge is 0.497 e. The van der Waals surface area contributed by atoms with Crippen LogP contribution in [0.3, 0.4) is 0 Å². The van der Waals surface area contributed by atoms with E-state index in [9.17, 15) is 9.59 Å². The lowest BCUT2D eigenvalue weighted by atomic mass is 10.2. The molecule has 0 radical (unpaired) electrons. The highest BCUT2D eigenvalue weighted by Gasteiger charge is 2.14. The molecule has 110 valence electrons. The lowest BCUT2D eigenvalue weighted by Gasteiger charge is -2.24. The summed E-state index contributed by atoms with van der Waals surface area (Å²) in [7, 11) is 1.58. The summed E-state index contributed by atoms with van der Waals surface area (Å²) in [5.74, 6) is 0.551. The molecule has 0 saturated carbocycles. The first-order chi connectivity index (χ1) is 9.43. The summed E-state index contributed by atoms with van der Waals surface area (Å²) in [6, 6.07) is 7.27. The molecule has 0 aliphatic rings. The van der Waals surface area contributed by atoms with Crippen molar-refractivity contribution in [3.63, 3.8) is 0 Å². The summed E-state index contributed by atoms with van der Waals surface area (Å²) in [4.78, 5) is 25.0.